The molecule has 1 aromatic heterocycles. The summed E-state index contributed by atoms with van der Waals surface area (Å²) < 4.78 is 5.52. The van der Waals surface area contributed by atoms with E-state index in [1.165, 1.54) is 11.3 Å². The first-order valence-corrected chi connectivity index (χ1v) is 11.1. The van der Waals surface area contributed by atoms with Crippen LogP contribution in [-0.4, -0.2) is 67.8 Å². The molecule has 8 heteroatoms. The molecule has 1 aliphatic rings. The third kappa shape index (κ3) is 8.92. The highest BCUT2D eigenvalue weighted by Gasteiger charge is 2.21. The zero-order valence-corrected chi connectivity index (χ0v) is 21.2. The zero-order chi connectivity index (χ0) is 19.6. The van der Waals surface area contributed by atoms with E-state index in [-0.39, 0.29) is 24.0 Å². The van der Waals surface area contributed by atoms with Crippen molar-refractivity contribution in [2.24, 2.45) is 10.9 Å². The molecule has 0 radical (unpaired) electrons. The van der Waals surface area contributed by atoms with Crippen LogP contribution in [-0.2, 0) is 11.2 Å². The molecular weight excluding hydrogens is 485 g/mol. The van der Waals surface area contributed by atoms with Gasteiger partial charge in [0.05, 0.1) is 30.5 Å². The minimum atomic E-state index is 0. The van der Waals surface area contributed by atoms with Crippen molar-refractivity contribution in [3.63, 3.8) is 0 Å². The van der Waals surface area contributed by atoms with Crippen LogP contribution in [0.2, 0.25) is 0 Å². The van der Waals surface area contributed by atoms with Crippen molar-refractivity contribution < 1.29 is 4.74 Å². The van der Waals surface area contributed by atoms with Crippen LogP contribution in [0, 0.1) is 19.8 Å². The summed E-state index contributed by atoms with van der Waals surface area (Å²) in [6.07, 6.45) is 2.16. The summed E-state index contributed by atoms with van der Waals surface area (Å²) in [7, 11) is 0. The lowest BCUT2D eigenvalue weighted by molar-refractivity contribution is 0.0143. The number of ether oxygens (including phenoxy) is 1. The van der Waals surface area contributed by atoms with Gasteiger partial charge in [-0.1, -0.05) is 13.8 Å². The number of nitrogens with zero attached hydrogens (tertiary/aromatic N) is 3. The van der Waals surface area contributed by atoms with Gasteiger partial charge in [-0.3, -0.25) is 9.89 Å². The number of guanidine groups is 1. The normalized spacial score (nSPS) is 16.7. The standard InChI is InChI=1S/C20H37N5OS.HI/c1-6-21-20(22-8-7-19-16(4)24-17(5)27-19)23-14-18(13-15(2)3)25-9-11-26-12-10-25;/h15,18H,6-14H2,1-5H3,(H2,21,22,23);1H. The Bertz CT molecular complexity index is 587. The van der Waals surface area contributed by atoms with Gasteiger partial charge in [-0.05, 0) is 33.1 Å². The number of aromatic nitrogens is 1. The highest BCUT2D eigenvalue weighted by Crippen LogP contribution is 2.17. The Morgan fingerprint density at radius 1 is 1.25 bits per heavy atom. The fourth-order valence-corrected chi connectivity index (χ4v) is 4.40. The quantitative estimate of drug-likeness (QED) is 0.296. The Kier molecular flexibility index (Phi) is 12.5. The Hall–Kier alpha value is -0.450. The largest absolute Gasteiger partial charge is 0.379 e. The van der Waals surface area contributed by atoms with Crippen LogP contribution < -0.4 is 10.6 Å². The second-order valence-corrected chi connectivity index (χ2v) is 8.86. The number of thiazole rings is 1. The molecule has 1 atom stereocenters. The van der Waals surface area contributed by atoms with Gasteiger partial charge in [0.2, 0.25) is 0 Å². The highest BCUT2D eigenvalue weighted by molar-refractivity contribution is 14.0. The monoisotopic (exact) mass is 523 g/mol. The number of nitrogens with one attached hydrogen (secondary N) is 2. The summed E-state index contributed by atoms with van der Waals surface area (Å²) in [5.41, 5.74) is 1.16. The van der Waals surface area contributed by atoms with Crippen LogP contribution in [0.25, 0.3) is 0 Å². The van der Waals surface area contributed by atoms with Gasteiger partial charge >= 0.3 is 0 Å². The topological polar surface area (TPSA) is 61.8 Å². The number of aryl methyl sites for hydroxylation is 2. The van der Waals surface area contributed by atoms with Gasteiger partial charge < -0.3 is 15.4 Å². The van der Waals surface area contributed by atoms with E-state index in [9.17, 15) is 0 Å². The molecule has 0 aliphatic carbocycles. The zero-order valence-electron chi connectivity index (χ0n) is 18.1. The first-order chi connectivity index (χ1) is 13.0. The van der Waals surface area contributed by atoms with Crippen LogP contribution >= 0.6 is 35.3 Å². The summed E-state index contributed by atoms with van der Waals surface area (Å²) in [5, 5.41) is 8.02. The molecule has 1 aromatic rings. The molecule has 1 saturated heterocycles. The van der Waals surface area contributed by atoms with Gasteiger partial charge in [-0.25, -0.2) is 4.98 Å². The van der Waals surface area contributed by atoms with Crippen LogP contribution in [0.5, 0.6) is 0 Å². The summed E-state index contributed by atoms with van der Waals surface area (Å²) in [6.45, 7) is 17.1. The van der Waals surface area contributed by atoms with E-state index in [1.807, 2.05) is 0 Å². The molecule has 2 N–H and O–H groups in total. The number of morpholine rings is 1. The maximum Gasteiger partial charge on any atom is 0.191 e. The van der Waals surface area contributed by atoms with Crippen molar-refractivity contribution >= 4 is 41.3 Å². The van der Waals surface area contributed by atoms with Crippen molar-refractivity contribution in [2.75, 3.05) is 45.9 Å². The van der Waals surface area contributed by atoms with Crippen molar-refractivity contribution in [3.05, 3.63) is 15.6 Å². The number of rotatable bonds is 9. The maximum atomic E-state index is 5.52. The fourth-order valence-electron chi connectivity index (χ4n) is 3.46. The predicted molar refractivity (Wildman–Crippen MR) is 130 cm³/mol. The lowest BCUT2D eigenvalue weighted by Crippen LogP contribution is -2.46. The minimum absolute atomic E-state index is 0. The highest BCUT2D eigenvalue weighted by atomic mass is 127. The second-order valence-electron chi connectivity index (χ2n) is 7.57. The first-order valence-electron chi connectivity index (χ1n) is 10.3. The van der Waals surface area contributed by atoms with E-state index >= 15 is 0 Å². The molecular formula is C20H38IN5OS. The summed E-state index contributed by atoms with van der Waals surface area (Å²) >= 11 is 1.79. The molecule has 2 heterocycles. The van der Waals surface area contributed by atoms with E-state index in [2.05, 4.69) is 55.1 Å². The number of hydrogen-bond donors (Lipinski definition) is 2. The Balaban J connectivity index is 0.00000392. The molecule has 1 fully saturated rings. The van der Waals surface area contributed by atoms with Gasteiger partial charge in [-0.2, -0.15) is 0 Å². The first kappa shape index (κ1) is 25.6. The van der Waals surface area contributed by atoms with Crippen LogP contribution in [0.15, 0.2) is 4.99 Å². The Morgan fingerprint density at radius 3 is 2.54 bits per heavy atom. The van der Waals surface area contributed by atoms with E-state index in [4.69, 9.17) is 9.73 Å². The van der Waals surface area contributed by atoms with Crippen LogP contribution in [0.3, 0.4) is 0 Å². The SMILES string of the molecule is CCNC(=NCC(CC(C)C)N1CCOCC1)NCCc1sc(C)nc1C.I. The maximum absolute atomic E-state index is 5.52. The number of aliphatic imine (C=N–C) groups is 1. The van der Waals surface area contributed by atoms with Crippen molar-refractivity contribution in [1.82, 2.24) is 20.5 Å². The summed E-state index contributed by atoms with van der Waals surface area (Å²) in [6, 6.07) is 0.482. The van der Waals surface area contributed by atoms with Crippen molar-refractivity contribution in [2.45, 2.75) is 53.5 Å². The molecule has 0 amide bonds. The third-order valence-corrected chi connectivity index (χ3v) is 5.89. The van der Waals surface area contributed by atoms with E-state index in [0.29, 0.717) is 12.0 Å². The average molecular weight is 524 g/mol. The lowest BCUT2D eigenvalue weighted by Gasteiger charge is -2.34. The Morgan fingerprint density at radius 2 is 1.96 bits per heavy atom. The minimum Gasteiger partial charge on any atom is -0.379 e. The lowest BCUT2D eigenvalue weighted by atomic mass is 10.0. The fraction of sp³-hybridized carbons (Fsp3) is 0.800. The number of halogens is 1. The van der Waals surface area contributed by atoms with Gasteiger partial charge in [0, 0.05) is 43.5 Å². The Labute approximate surface area is 192 Å². The molecule has 162 valence electrons. The number of hydrogen-bond acceptors (Lipinski definition) is 5. The van der Waals surface area contributed by atoms with Gasteiger partial charge in [0.25, 0.3) is 0 Å². The van der Waals surface area contributed by atoms with Crippen LogP contribution in [0.1, 0.15) is 42.8 Å². The molecule has 2 rings (SSSR count). The molecule has 1 aliphatic heterocycles. The molecule has 0 bridgehead atoms. The molecule has 0 aromatic carbocycles. The summed E-state index contributed by atoms with van der Waals surface area (Å²) in [5.74, 6) is 1.58. The van der Waals surface area contributed by atoms with Gasteiger partial charge in [0.1, 0.15) is 0 Å². The smallest absolute Gasteiger partial charge is 0.191 e. The average Bonchev–Trinajstić information content (AvgIpc) is 2.96. The molecule has 6 nitrogen and oxygen atoms in total. The molecule has 0 saturated carbocycles. The molecule has 28 heavy (non-hydrogen) atoms. The van der Waals surface area contributed by atoms with Crippen molar-refractivity contribution in [3.8, 4) is 0 Å². The molecule has 0 spiro atoms. The van der Waals surface area contributed by atoms with Gasteiger partial charge in [0.15, 0.2) is 5.96 Å². The second kappa shape index (κ2) is 13.7. The van der Waals surface area contributed by atoms with E-state index < -0.39 is 0 Å². The van der Waals surface area contributed by atoms with E-state index in [1.54, 1.807) is 11.3 Å². The third-order valence-electron chi connectivity index (χ3n) is 4.75. The summed E-state index contributed by atoms with van der Waals surface area (Å²) in [4.78, 5) is 13.3. The molecule has 1 unspecified atom stereocenters. The van der Waals surface area contributed by atoms with Crippen LogP contribution in [0.4, 0.5) is 0 Å². The van der Waals surface area contributed by atoms with E-state index in [0.717, 1.165) is 69.0 Å². The predicted octanol–water partition coefficient (Wildman–Crippen LogP) is 3.22. The van der Waals surface area contributed by atoms with Crippen molar-refractivity contribution in [1.29, 1.82) is 0 Å². The van der Waals surface area contributed by atoms with Gasteiger partial charge in [-0.15, -0.1) is 35.3 Å².